The molecule has 2 N–H and O–H groups in total. The average Bonchev–Trinajstić information content (AvgIpc) is 2.89. The maximum absolute atomic E-state index is 12.7. The van der Waals surface area contributed by atoms with Crippen molar-refractivity contribution < 1.29 is 27.5 Å². The fraction of sp³-hybridized carbons (Fsp3) is 0.500. The van der Waals surface area contributed by atoms with Crippen molar-refractivity contribution in [1.82, 2.24) is 15.5 Å². The lowest BCUT2D eigenvalue weighted by Gasteiger charge is -2.30. The second-order valence-electron chi connectivity index (χ2n) is 7.12. The van der Waals surface area contributed by atoms with Gasteiger partial charge in [-0.2, -0.15) is 0 Å². The van der Waals surface area contributed by atoms with Crippen LogP contribution in [0.25, 0.3) is 0 Å². The quantitative estimate of drug-likeness (QED) is 0.678. The highest BCUT2D eigenvalue weighted by Gasteiger charge is 2.53. The zero-order valence-corrected chi connectivity index (χ0v) is 16.5. The van der Waals surface area contributed by atoms with Crippen LogP contribution in [0, 0.1) is 0 Å². The topological polar surface area (TPSA) is 122 Å². The third-order valence-electron chi connectivity index (χ3n) is 5.22. The highest BCUT2D eigenvalue weighted by atomic mass is 32.2. The molecular formula is C18H23N3O6S. The van der Waals surface area contributed by atoms with Gasteiger partial charge in [0.1, 0.15) is 17.8 Å². The number of nitrogens with one attached hydrogen (secondary N) is 2. The molecule has 0 aromatic heterocycles. The fourth-order valence-corrected chi connectivity index (χ4v) is 4.97. The van der Waals surface area contributed by atoms with Crippen LogP contribution in [0.3, 0.4) is 0 Å². The molecule has 28 heavy (non-hydrogen) atoms. The first-order valence-corrected chi connectivity index (χ1v) is 10.8. The Morgan fingerprint density at radius 3 is 2.43 bits per heavy atom. The number of hydrogen-bond donors (Lipinski definition) is 2. The minimum absolute atomic E-state index is 0.0281. The van der Waals surface area contributed by atoms with Crippen LogP contribution in [-0.2, 0) is 19.4 Å². The number of hydrogen-bond acceptors (Lipinski definition) is 6. The van der Waals surface area contributed by atoms with Gasteiger partial charge in [-0.1, -0.05) is 12.1 Å². The van der Waals surface area contributed by atoms with Crippen molar-refractivity contribution in [2.45, 2.75) is 31.3 Å². The van der Waals surface area contributed by atoms with Crippen molar-refractivity contribution in [1.29, 1.82) is 0 Å². The van der Waals surface area contributed by atoms with E-state index in [1.807, 2.05) is 12.1 Å². The number of carbonyl (C=O) groups is 3. The van der Waals surface area contributed by atoms with Crippen LogP contribution in [0.15, 0.2) is 24.3 Å². The summed E-state index contributed by atoms with van der Waals surface area (Å²) >= 11 is 0. The van der Waals surface area contributed by atoms with Gasteiger partial charge < -0.3 is 15.4 Å². The molecule has 2 aliphatic rings. The van der Waals surface area contributed by atoms with E-state index in [1.54, 1.807) is 26.2 Å². The van der Waals surface area contributed by atoms with Crippen LogP contribution < -0.4 is 15.4 Å². The SMILES string of the molecule is COc1ccc(C(C)NC(=O)CN2C(=O)NC3(CCS(=O)(=O)CC3)C2=O)cc1. The van der Waals surface area contributed by atoms with E-state index >= 15 is 0 Å². The lowest BCUT2D eigenvalue weighted by atomic mass is 9.92. The van der Waals surface area contributed by atoms with Crippen molar-refractivity contribution in [3.05, 3.63) is 29.8 Å². The van der Waals surface area contributed by atoms with Gasteiger partial charge in [0, 0.05) is 0 Å². The molecule has 1 spiro atoms. The van der Waals surface area contributed by atoms with E-state index in [4.69, 9.17) is 4.74 Å². The summed E-state index contributed by atoms with van der Waals surface area (Å²) in [4.78, 5) is 38.2. The third kappa shape index (κ3) is 3.96. The molecule has 0 aliphatic carbocycles. The minimum atomic E-state index is -3.19. The second kappa shape index (κ2) is 7.42. The van der Waals surface area contributed by atoms with Gasteiger partial charge in [-0.15, -0.1) is 0 Å². The number of methoxy groups -OCH3 is 1. The molecule has 2 saturated heterocycles. The number of rotatable bonds is 5. The highest BCUT2D eigenvalue weighted by Crippen LogP contribution is 2.30. The fourth-order valence-electron chi connectivity index (χ4n) is 3.45. The van der Waals surface area contributed by atoms with E-state index in [1.165, 1.54) is 0 Å². The molecule has 3 rings (SSSR count). The Morgan fingerprint density at radius 1 is 1.25 bits per heavy atom. The molecule has 1 unspecified atom stereocenters. The molecule has 2 fully saturated rings. The molecule has 4 amide bonds. The highest BCUT2D eigenvalue weighted by molar-refractivity contribution is 7.91. The van der Waals surface area contributed by atoms with Crippen molar-refractivity contribution in [2.75, 3.05) is 25.2 Å². The molecule has 152 valence electrons. The largest absolute Gasteiger partial charge is 0.497 e. The van der Waals surface area contributed by atoms with E-state index < -0.39 is 39.8 Å². The van der Waals surface area contributed by atoms with Crippen molar-refractivity contribution in [3.63, 3.8) is 0 Å². The summed E-state index contributed by atoms with van der Waals surface area (Å²) in [6, 6.07) is 6.18. The number of imide groups is 1. The second-order valence-corrected chi connectivity index (χ2v) is 9.42. The van der Waals surface area contributed by atoms with Gasteiger partial charge >= 0.3 is 6.03 Å². The van der Waals surface area contributed by atoms with E-state index in [-0.39, 0.29) is 30.4 Å². The Balaban J connectivity index is 1.62. The minimum Gasteiger partial charge on any atom is -0.497 e. The summed E-state index contributed by atoms with van der Waals surface area (Å²) in [6.45, 7) is 1.37. The van der Waals surface area contributed by atoms with Crippen LogP contribution >= 0.6 is 0 Å². The van der Waals surface area contributed by atoms with Crippen molar-refractivity contribution in [3.8, 4) is 5.75 Å². The van der Waals surface area contributed by atoms with Gasteiger partial charge in [0.15, 0.2) is 9.84 Å². The molecule has 10 heteroatoms. The first kappa shape index (κ1) is 20.1. The number of ether oxygens (including phenoxy) is 1. The number of sulfone groups is 1. The van der Waals surface area contributed by atoms with Gasteiger partial charge in [-0.25, -0.2) is 13.2 Å². The van der Waals surface area contributed by atoms with Gasteiger partial charge in [0.2, 0.25) is 5.91 Å². The molecule has 0 bridgehead atoms. The zero-order chi connectivity index (χ0) is 20.5. The molecule has 9 nitrogen and oxygen atoms in total. The first-order valence-electron chi connectivity index (χ1n) is 8.94. The lowest BCUT2D eigenvalue weighted by molar-refractivity contribution is -0.135. The maximum Gasteiger partial charge on any atom is 0.325 e. The standard InChI is InChI=1S/C18H23N3O6S/c1-12(13-3-5-14(27-2)6-4-13)19-15(22)11-21-16(23)18(20-17(21)24)7-9-28(25,26)10-8-18/h3-6,12H,7-11H2,1-2H3,(H,19,22)(H,20,24). The Labute approximate surface area is 163 Å². The number of carbonyl (C=O) groups excluding carboxylic acids is 3. The Kier molecular flexibility index (Phi) is 5.33. The Hall–Kier alpha value is -2.62. The summed E-state index contributed by atoms with van der Waals surface area (Å²) < 4.78 is 28.3. The first-order chi connectivity index (χ1) is 13.2. The normalized spacial score (nSPS) is 21.3. The third-order valence-corrected chi connectivity index (χ3v) is 6.87. The summed E-state index contributed by atoms with van der Waals surface area (Å²) in [5.41, 5.74) is -0.370. The van der Waals surface area contributed by atoms with Crippen LogP contribution in [-0.4, -0.2) is 61.9 Å². The van der Waals surface area contributed by atoms with Crippen LogP contribution in [0.1, 0.15) is 31.4 Å². The molecule has 1 aromatic rings. The number of amides is 4. The molecule has 1 atom stereocenters. The number of nitrogens with zero attached hydrogens (tertiary/aromatic N) is 1. The summed E-state index contributed by atoms with van der Waals surface area (Å²) in [5, 5.41) is 5.35. The predicted molar refractivity (Wildman–Crippen MR) is 100 cm³/mol. The molecule has 1 aromatic carbocycles. The maximum atomic E-state index is 12.7. The van der Waals surface area contributed by atoms with E-state index in [0.29, 0.717) is 5.75 Å². The Bertz CT molecular complexity index is 882. The monoisotopic (exact) mass is 409 g/mol. The van der Waals surface area contributed by atoms with Crippen molar-refractivity contribution in [2.24, 2.45) is 0 Å². The van der Waals surface area contributed by atoms with Gasteiger partial charge in [-0.3, -0.25) is 14.5 Å². The van der Waals surface area contributed by atoms with Gasteiger partial charge in [0.05, 0.1) is 24.7 Å². The van der Waals surface area contributed by atoms with Crippen LogP contribution in [0.5, 0.6) is 5.75 Å². The number of urea groups is 1. The van der Waals surface area contributed by atoms with E-state index in [9.17, 15) is 22.8 Å². The molecular weight excluding hydrogens is 386 g/mol. The summed E-state index contributed by atoms with van der Waals surface area (Å²) in [5.74, 6) is -0.644. The van der Waals surface area contributed by atoms with E-state index in [2.05, 4.69) is 10.6 Å². The van der Waals surface area contributed by atoms with Gasteiger partial charge in [-0.05, 0) is 37.5 Å². The van der Waals surface area contributed by atoms with Gasteiger partial charge in [0.25, 0.3) is 5.91 Å². The molecule has 2 aliphatic heterocycles. The predicted octanol–water partition coefficient (Wildman–Crippen LogP) is 0.372. The molecule has 0 saturated carbocycles. The molecule has 0 radical (unpaired) electrons. The van der Waals surface area contributed by atoms with Crippen LogP contribution in [0.2, 0.25) is 0 Å². The smallest absolute Gasteiger partial charge is 0.325 e. The number of benzene rings is 1. The average molecular weight is 409 g/mol. The van der Waals surface area contributed by atoms with E-state index in [0.717, 1.165) is 10.5 Å². The summed E-state index contributed by atoms with van der Waals surface area (Å²) in [7, 11) is -1.63. The summed E-state index contributed by atoms with van der Waals surface area (Å²) in [6.07, 6.45) is 0.0561. The van der Waals surface area contributed by atoms with Crippen LogP contribution in [0.4, 0.5) is 4.79 Å². The Morgan fingerprint density at radius 2 is 1.86 bits per heavy atom. The zero-order valence-electron chi connectivity index (χ0n) is 15.7. The van der Waals surface area contributed by atoms with Crippen molar-refractivity contribution >= 4 is 27.7 Å². The lowest BCUT2D eigenvalue weighted by Crippen LogP contribution is -2.52. The molecule has 2 heterocycles.